The number of alkyl halides is 2. The lowest BCUT2D eigenvalue weighted by Crippen LogP contribution is -2.33. The lowest BCUT2D eigenvalue weighted by atomic mass is 9.91. The van der Waals surface area contributed by atoms with Gasteiger partial charge in [-0.05, 0) is 44.8 Å². The molecule has 1 fully saturated rings. The fraction of sp³-hybridized carbons (Fsp3) is 0.421. The fourth-order valence-corrected chi connectivity index (χ4v) is 3.64. The zero-order valence-corrected chi connectivity index (χ0v) is 15.4. The molecule has 0 aliphatic carbocycles. The minimum Gasteiger partial charge on any atom is -0.317 e. The standard InChI is InChI=1S/C19H20F2N6O/c1-11-9-25-14-8-13(12-2-4-22-5-3-12)19(28)27(18(14)26-11)10-15-16(17(20)21)24-7-6-23-15/h6-9,12,17,22H,2-5,10H2,1H3. The van der Waals surface area contributed by atoms with Crippen molar-refractivity contribution in [3.8, 4) is 0 Å². The highest BCUT2D eigenvalue weighted by molar-refractivity contribution is 5.71. The number of nitrogens with one attached hydrogen (secondary N) is 1. The van der Waals surface area contributed by atoms with Crippen molar-refractivity contribution in [2.75, 3.05) is 13.1 Å². The lowest BCUT2D eigenvalue weighted by Gasteiger charge is -2.23. The van der Waals surface area contributed by atoms with Crippen molar-refractivity contribution in [1.82, 2.24) is 29.8 Å². The van der Waals surface area contributed by atoms with Crippen LogP contribution in [0.2, 0.25) is 0 Å². The van der Waals surface area contributed by atoms with Gasteiger partial charge in [0, 0.05) is 24.2 Å². The van der Waals surface area contributed by atoms with E-state index in [1.165, 1.54) is 17.0 Å². The molecule has 4 heterocycles. The van der Waals surface area contributed by atoms with Gasteiger partial charge >= 0.3 is 0 Å². The monoisotopic (exact) mass is 386 g/mol. The Balaban J connectivity index is 1.89. The number of fused-ring (bicyclic) bond motifs is 1. The molecule has 0 saturated carbocycles. The summed E-state index contributed by atoms with van der Waals surface area (Å²) in [6.45, 7) is 3.32. The third-order valence-electron chi connectivity index (χ3n) is 5.04. The van der Waals surface area contributed by atoms with E-state index in [-0.39, 0.29) is 23.7 Å². The quantitative estimate of drug-likeness (QED) is 0.741. The van der Waals surface area contributed by atoms with Gasteiger partial charge in [-0.25, -0.2) is 13.8 Å². The predicted molar refractivity (Wildman–Crippen MR) is 99.5 cm³/mol. The molecule has 0 radical (unpaired) electrons. The Bertz CT molecular complexity index is 1060. The molecule has 1 aliphatic heterocycles. The highest BCUT2D eigenvalue weighted by Crippen LogP contribution is 2.25. The summed E-state index contributed by atoms with van der Waals surface area (Å²) in [4.78, 5) is 30.0. The Morgan fingerprint density at radius 2 is 1.96 bits per heavy atom. The molecular formula is C19H20F2N6O. The molecule has 9 heteroatoms. The molecular weight excluding hydrogens is 366 g/mol. The van der Waals surface area contributed by atoms with Crippen LogP contribution in [0, 0.1) is 6.92 Å². The highest BCUT2D eigenvalue weighted by Gasteiger charge is 2.23. The average molecular weight is 386 g/mol. The molecule has 1 aliphatic rings. The number of halogens is 2. The summed E-state index contributed by atoms with van der Waals surface area (Å²) in [6, 6.07) is 1.79. The molecule has 0 aromatic carbocycles. The van der Waals surface area contributed by atoms with Gasteiger partial charge in [0.25, 0.3) is 12.0 Å². The molecule has 0 unspecified atom stereocenters. The van der Waals surface area contributed by atoms with Crippen LogP contribution in [0.1, 0.15) is 47.8 Å². The number of hydrogen-bond donors (Lipinski definition) is 1. The van der Waals surface area contributed by atoms with Crippen LogP contribution in [0.3, 0.4) is 0 Å². The summed E-state index contributed by atoms with van der Waals surface area (Å²) in [6.07, 6.45) is 3.12. The number of aryl methyl sites for hydroxylation is 1. The molecule has 146 valence electrons. The van der Waals surface area contributed by atoms with Crippen molar-refractivity contribution in [3.05, 3.63) is 57.7 Å². The first-order valence-electron chi connectivity index (χ1n) is 9.20. The Morgan fingerprint density at radius 3 is 2.71 bits per heavy atom. The molecule has 1 saturated heterocycles. The van der Waals surface area contributed by atoms with Gasteiger partial charge < -0.3 is 5.32 Å². The van der Waals surface area contributed by atoms with Crippen molar-refractivity contribution in [1.29, 1.82) is 0 Å². The summed E-state index contributed by atoms with van der Waals surface area (Å²) >= 11 is 0. The molecule has 0 atom stereocenters. The van der Waals surface area contributed by atoms with Crippen LogP contribution in [-0.4, -0.2) is 37.6 Å². The van der Waals surface area contributed by atoms with Gasteiger partial charge in [0.05, 0.1) is 17.9 Å². The number of aromatic nitrogens is 5. The molecule has 1 N–H and O–H groups in total. The van der Waals surface area contributed by atoms with Crippen LogP contribution in [0.25, 0.3) is 11.2 Å². The van der Waals surface area contributed by atoms with E-state index in [4.69, 9.17) is 0 Å². The minimum absolute atomic E-state index is 0.0617. The van der Waals surface area contributed by atoms with Crippen molar-refractivity contribution >= 4 is 11.2 Å². The largest absolute Gasteiger partial charge is 0.317 e. The number of pyridine rings is 1. The third kappa shape index (κ3) is 3.49. The zero-order valence-electron chi connectivity index (χ0n) is 15.4. The van der Waals surface area contributed by atoms with E-state index in [0.717, 1.165) is 25.9 Å². The van der Waals surface area contributed by atoms with E-state index >= 15 is 0 Å². The van der Waals surface area contributed by atoms with Gasteiger partial charge in [-0.2, -0.15) is 0 Å². The van der Waals surface area contributed by atoms with Crippen molar-refractivity contribution in [2.24, 2.45) is 0 Å². The summed E-state index contributed by atoms with van der Waals surface area (Å²) in [5.74, 6) is 0.101. The second-order valence-corrected chi connectivity index (χ2v) is 6.92. The topological polar surface area (TPSA) is 85.6 Å². The molecule has 3 aromatic heterocycles. The van der Waals surface area contributed by atoms with Gasteiger partial charge in [0.15, 0.2) is 5.65 Å². The smallest absolute Gasteiger partial charge is 0.282 e. The maximum absolute atomic E-state index is 13.4. The normalized spacial score (nSPS) is 15.4. The second kappa shape index (κ2) is 7.67. The van der Waals surface area contributed by atoms with Crippen LogP contribution >= 0.6 is 0 Å². The summed E-state index contributed by atoms with van der Waals surface area (Å²) < 4.78 is 28.1. The van der Waals surface area contributed by atoms with Crippen molar-refractivity contribution < 1.29 is 8.78 Å². The molecule has 0 amide bonds. The Kier molecular flexibility index (Phi) is 5.08. The van der Waals surface area contributed by atoms with E-state index in [2.05, 4.69) is 25.3 Å². The molecule has 0 spiro atoms. The zero-order chi connectivity index (χ0) is 19.7. The van der Waals surface area contributed by atoms with Crippen LogP contribution in [0.5, 0.6) is 0 Å². The molecule has 28 heavy (non-hydrogen) atoms. The summed E-state index contributed by atoms with van der Waals surface area (Å²) in [5, 5.41) is 3.28. The van der Waals surface area contributed by atoms with Gasteiger partial charge in [0.2, 0.25) is 0 Å². The number of piperidine rings is 1. The Morgan fingerprint density at radius 1 is 1.21 bits per heavy atom. The predicted octanol–water partition coefficient (Wildman–Crippen LogP) is 2.34. The van der Waals surface area contributed by atoms with Crippen molar-refractivity contribution in [2.45, 2.75) is 38.7 Å². The van der Waals surface area contributed by atoms with Gasteiger partial charge in [0.1, 0.15) is 11.2 Å². The van der Waals surface area contributed by atoms with Crippen LogP contribution in [-0.2, 0) is 6.54 Å². The Hall–Kier alpha value is -2.81. The highest BCUT2D eigenvalue weighted by atomic mass is 19.3. The average Bonchev–Trinajstić information content (AvgIpc) is 2.71. The summed E-state index contributed by atoms with van der Waals surface area (Å²) in [5.41, 5.74) is 1.64. The maximum Gasteiger partial charge on any atom is 0.282 e. The van der Waals surface area contributed by atoms with E-state index < -0.39 is 12.1 Å². The van der Waals surface area contributed by atoms with Gasteiger partial charge in [-0.1, -0.05) is 0 Å². The second-order valence-electron chi connectivity index (χ2n) is 6.92. The maximum atomic E-state index is 13.4. The van der Waals surface area contributed by atoms with Crippen LogP contribution in [0.15, 0.2) is 29.5 Å². The first-order valence-corrected chi connectivity index (χ1v) is 9.20. The molecule has 7 nitrogen and oxygen atoms in total. The third-order valence-corrected chi connectivity index (χ3v) is 5.04. The Labute approximate surface area is 159 Å². The van der Waals surface area contributed by atoms with E-state index in [0.29, 0.717) is 22.4 Å². The van der Waals surface area contributed by atoms with Gasteiger partial charge in [-0.15, -0.1) is 0 Å². The first kappa shape index (κ1) is 18.5. The SMILES string of the molecule is Cc1cnc2cc(C3CCNCC3)c(=O)n(Cc3nccnc3C(F)F)c2n1. The molecule has 0 bridgehead atoms. The fourth-order valence-electron chi connectivity index (χ4n) is 3.64. The van der Waals surface area contributed by atoms with Crippen LogP contribution in [0.4, 0.5) is 8.78 Å². The number of hydrogen-bond acceptors (Lipinski definition) is 6. The number of nitrogens with zero attached hydrogens (tertiary/aromatic N) is 5. The number of rotatable bonds is 4. The lowest BCUT2D eigenvalue weighted by molar-refractivity contribution is 0.144. The molecule has 4 rings (SSSR count). The van der Waals surface area contributed by atoms with Crippen LogP contribution < -0.4 is 10.9 Å². The summed E-state index contributed by atoms with van der Waals surface area (Å²) in [7, 11) is 0. The first-order chi connectivity index (χ1) is 13.5. The van der Waals surface area contributed by atoms with E-state index in [9.17, 15) is 13.6 Å². The molecule has 3 aromatic rings. The van der Waals surface area contributed by atoms with Gasteiger partial charge in [-0.3, -0.25) is 24.3 Å². The van der Waals surface area contributed by atoms with Crippen molar-refractivity contribution in [3.63, 3.8) is 0 Å². The minimum atomic E-state index is -2.77. The van der Waals surface area contributed by atoms with E-state index in [1.807, 2.05) is 0 Å². The van der Waals surface area contributed by atoms with E-state index in [1.54, 1.807) is 19.2 Å².